The molecule has 8 nitrogen and oxygen atoms in total. The fourth-order valence-corrected chi connectivity index (χ4v) is 3.00. The van der Waals surface area contributed by atoms with Crippen LogP contribution >= 0.6 is 0 Å². The molecule has 0 fully saturated rings. The summed E-state index contributed by atoms with van der Waals surface area (Å²) in [5.41, 5.74) is 0. The Morgan fingerprint density at radius 2 is 1.24 bits per heavy atom. The van der Waals surface area contributed by atoms with Gasteiger partial charge in [0.05, 0.1) is 7.11 Å². The summed E-state index contributed by atoms with van der Waals surface area (Å²) in [6.45, 7) is 11.1. The molecule has 3 atom stereocenters. The second-order valence-electron chi connectivity index (χ2n) is 8.30. The number of methoxy groups -OCH3 is 1. The first-order chi connectivity index (χ1) is 13.5. The molecular formula is C21H39N3O5. The molecule has 29 heavy (non-hydrogen) atoms. The Hall–Kier alpha value is -2.12. The Balaban J connectivity index is 5.33. The Labute approximate surface area is 174 Å². The van der Waals surface area contributed by atoms with Gasteiger partial charge in [0.2, 0.25) is 17.7 Å². The van der Waals surface area contributed by atoms with E-state index >= 15 is 0 Å². The van der Waals surface area contributed by atoms with E-state index in [1.54, 1.807) is 0 Å². The first-order valence-corrected chi connectivity index (χ1v) is 10.5. The Morgan fingerprint density at radius 1 is 0.793 bits per heavy atom. The van der Waals surface area contributed by atoms with Gasteiger partial charge in [-0.25, -0.2) is 4.79 Å². The molecule has 0 saturated heterocycles. The quantitative estimate of drug-likeness (QED) is 0.399. The third-order valence-corrected chi connectivity index (χ3v) is 4.39. The van der Waals surface area contributed by atoms with Crippen molar-refractivity contribution in [3.63, 3.8) is 0 Å². The molecule has 0 rings (SSSR count). The molecular weight excluding hydrogens is 374 g/mol. The largest absolute Gasteiger partial charge is 0.467 e. The lowest BCUT2D eigenvalue weighted by Gasteiger charge is -2.26. The number of carbonyl (C=O) groups excluding carboxylic acids is 4. The van der Waals surface area contributed by atoms with Gasteiger partial charge >= 0.3 is 5.97 Å². The fourth-order valence-electron chi connectivity index (χ4n) is 3.00. The molecule has 0 aliphatic heterocycles. The molecule has 3 amide bonds. The van der Waals surface area contributed by atoms with Crippen molar-refractivity contribution in [2.24, 2.45) is 11.8 Å². The molecule has 0 saturated carbocycles. The van der Waals surface area contributed by atoms with Gasteiger partial charge in [0, 0.05) is 6.92 Å². The minimum Gasteiger partial charge on any atom is -0.467 e. The molecule has 8 heteroatoms. The van der Waals surface area contributed by atoms with Crippen molar-refractivity contribution in [3.05, 3.63) is 0 Å². The van der Waals surface area contributed by atoms with Gasteiger partial charge in [-0.15, -0.1) is 0 Å². The molecule has 168 valence electrons. The zero-order valence-electron chi connectivity index (χ0n) is 19.0. The van der Waals surface area contributed by atoms with Gasteiger partial charge in [0.1, 0.15) is 18.1 Å². The lowest BCUT2D eigenvalue weighted by molar-refractivity contribution is -0.145. The lowest BCUT2D eigenvalue weighted by atomic mass is 9.99. The Morgan fingerprint density at radius 3 is 1.62 bits per heavy atom. The summed E-state index contributed by atoms with van der Waals surface area (Å²) in [6, 6.07) is -2.27. The van der Waals surface area contributed by atoms with Crippen LogP contribution in [0.4, 0.5) is 0 Å². The van der Waals surface area contributed by atoms with Gasteiger partial charge in [-0.3, -0.25) is 14.4 Å². The maximum atomic E-state index is 12.9. The maximum absolute atomic E-state index is 12.9. The normalized spacial score (nSPS) is 14.1. The number of ether oxygens (including phenoxy) is 1. The molecule has 0 bridgehead atoms. The first kappa shape index (κ1) is 26.9. The minimum absolute atomic E-state index is 0.141. The van der Waals surface area contributed by atoms with Crippen molar-refractivity contribution < 1.29 is 23.9 Å². The zero-order chi connectivity index (χ0) is 22.6. The average Bonchev–Trinajstić information content (AvgIpc) is 2.61. The molecule has 0 radical (unpaired) electrons. The fraction of sp³-hybridized carbons (Fsp3) is 0.810. The van der Waals surface area contributed by atoms with Crippen LogP contribution in [0.1, 0.15) is 73.6 Å². The summed E-state index contributed by atoms with van der Waals surface area (Å²) in [4.78, 5) is 49.1. The van der Waals surface area contributed by atoms with Crippen LogP contribution < -0.4 is 16.0 Å². The third-order valence-electron chi connectivity index (χ3n) is 4.39. The number of amides is 3. The highest BCUT2D eigenvalue weighted by atomic mass is 16.5. The van der Waals surface area contributed by atoms with Crippen molar-refractivity contribution in [1.82, 2.24) is 16.0 Å². The van der Waals surface area contributed by atoms with Gasteiger partial charge in [0.25, 0.3) is 0 Å². The highest BCUT2D eigenvalue weighted by molar-refractivity contribution is 5.93. The predicted molar refractivity (Wildman–Crippen MR) is 112 cm³/mol. The molecule has 0 aliphatic carbocycles. The van der Waals surface area contributed by atoms with Crippen LogP contribution in [0.5, 0.6) is 0 Å². The number of esters is 1. The average molecular weight is 414 g/mol. The highest BCUT2D eigenvalue weighted by Gasteiger charge is 2.30. The van der Waals surface area contributed by atoms with E-state index in [1.165, 1.54) is 14.0 Å². The second kappa shape index (κ2) is 14.0. The van der Waals surface area contributed by atoms with Crippen molar-refractivity contribution in [2.75, 3.05) is 7.11 Å². The van der Waals surface area contributed by atoms with Crippen molar-refractivity contribution in [1.29, 1.82) is 0 Å². The minimum atomic E-state index is -0.806. The summed E-state index contributed by atoms with van der Waals surface area (Å²) in [5, 5.41) is 8.13. The van der Waals surface area contributed by atoms with Gasteiger partial charge in [-0.1, -0.05) is 47.5 Å². The molecule has 0 aromatic carbocycles. The van der Waals surface area contributed by atoms with E-state index in [1.807, 2.05) is 34.6 Å². The topological polar surface area (TPSA) is 114 Å². The van der Waals surface area contributed by atoms with Crippen LogP contribution in [0.3, 0.4) is 0 Å². The summed E-state index contributed by atoms with van der Waals surface area (Å²) < 4.78 is 4.79. The van der Waals surface area contributed by atoms with E-state index in [0.29, 0.717) is 19.3 Å². The van der Waals surface area contributed by atoms with E-state index < -0.39 is 35.9 Å². The molecule has 0 unspecified atom stereocenters. The molecule has 0 aliphatic rings. The van der Waals surface area contributed by atoms with E-state index in [4.69, 9.17) is 4.74 Å². The maximum Gasteiger partial charge on any atom is 0.328 e. The summed E-state index contributed by atoms with van der Waals surface area (Å²) in [5.74, 6) is -1.31. The van der Waals surface area contributed by atoms with Gasteiger partial charge in [-0.2, -0.15) is 0 Å². The van der Waals surface area contributed by atoms with Gasteiger partial charge in [0.15, 0.2) is 0 Å². The number of hydrogen-bond acceptors (Lipinski definition) is 5. The first-order valence-electron chi connectivity index (χ1n) is 10.5. The summed E-state index contributed by atoms with van der Waals surface area (Å²) in [6.07, 6.45) is 2.99. The zero-order valence-corrected chi connectivity index (χ0v) is 19.0. The van der Waals surface area contributed by atoms with Gasteiger partial charge < -0.3 is 20.7 Å². The summed E-state index contributed by atoms with van der Waals surface area (Å²) >= 11 is 0. The van der Waals surface area contributed by atoms with Crippen LogP contribution in [0.2, 0.25) is 0 Å². The third kappa shape index (κ3) is 11.5. The van der Waals surface area contributed by atoms with Crippen LogP contribution in [-0.4, -0.2) is 48.9 Å². The summed E-state index contributed by atoms with van der Waals surface area (Å²) in [7, 11) is 1.28. The SMILES string of the molecule is CCCC[C@H](NC(=O)[C@H](CC(C)C)NC(=O)[C@@H](CC(C)C)NC(C)=O)C(=O)OC. The van der Waals surface area contributed by atoms with E-state index in [9.17, 15) is 19.2 Å². The van der Waals surface area contributed by atoms with E-state index in [2.05, 4.69) is 16.0 Å². The van der Waals surface area contributed by atoms with Crippen LogP contribution in [0, 0.1) is 11.8 Å². The lowest BCUT2D eigenvalue weighted by Crippen LogP contribution is -2.56. The van der Waals surface area contributed by atoms with E-state index in [0.717, 1.165) is 12.8 Å². The highest BCUT2D eigenvalue weighted by Crippen LogP contribution is 2.10. The Bertz CT molecular complexity index is 548. The van der Waals surface area contributed by atoms with Crippen molar-refractivity contribution in [2.45, 2.75) is 91.8 Å². The van der Waals surface area contributed by atoms with E-state index in [-0.39, 0.29) is 17.7 Å². The molecule has 0 heterocycles. The smallest absolute Gasteiger partial charge is 0.328 e. The number of unbranched alkanes of at least 4 members (excludes halogenated alkanes) is 1. The number of carbonyl (C=O) groups is 4. The molecule has 0 aromatic heterocycles. The Kier molecular flexibility index (Phi) is 12.9. The van der Waals surface area contributed by atoms with Crippen molar-refractivity contribution >= 4 is 23.7 Å². The number of hydrogen-bond donors (Lipinski definition) is 3. The van der Waals surface area contributed by atoms with Gasteiger partial charge in [-0.05, 0) is 31.1 Å². The monoisotopic (exact) mass is 413 g/mol. The molecule has 0 spiro atoms. The van der Waals surface area contributed by atoms with Crippen LogP contribution in [-0.2, 0) is 23.9 Å². The van der Waals surface area contributed by atoms with Crippen molar-refractivity contribution in [3.8, 4) is 0 Å². The van der Waals surface area contributed by atoms with Crippen LogP contribution in [0.25, 0.3) is 0 Å². The predicted octanol–water partition coefficient (Wildman–Crippen LogP) is 1.92. The number of rotatable bonds is 13. The number of nitrogens with one attached hydrogen (secondary N) is 3. The van der Waals surface area contributed by atoms with Crippen LogP contribution in [0.15, 0.2) is 0 Å². The molecule has 3 N–H and O–H groups in total. The second-order valence-corrected chi connectivity index (χ2v) is 8.30. The molecule has 0 aromatic rings. The standard InChI is InChI=1S/C21H39N3O5/c1-8-9-10-16(21(28)29-7)23-20(27)18(12-14(4)5)24-19(26)17(11-13(2)3)22-15(6)25/h13-14,16-18H,8-12H2,1-7H3,(H,22,25)(H,23,27)(H,24,26)/t16-,17+,18-/m0/s1.